The van der Waals surface area contributed by atoms with E-state index in [0.717, 1.165) is 17.5 Å². The molecule has 36 heavy (non-hydrogen) atoms. The molecule has 1 aliphatic rings. The Morgan fingerprint density at radius 2 is 1.58 bits per heavy atom. The van der Waals surface area contributed by atoms with Gasteiger partial charge in [0.05, 0.1) is 30.7 Å². The van der Waals surface area contributed by atoms with Crippen molar-refractivity contribution in [1.82, 2.24) is 0 Å². The van der Waals surface area contributed by atoms with Gasteiger partial charge in [0.2, 0.25) is 0 Å². The van der Waals surface area contributed by atoms with Crippen LogP contribution in [0, 0.1) is 5.92 Å². The van der Waals surface area contributed by atoms with Crippen LogP contribution >= 0.6 is 0 Å². The summed E-state index contributed by atoms with van der Waals surface area (Å²) in [7, 11) is 0. The van der Waals surface area contributed by atoms with E-state index in [1.807, 2.05) is 66.7 Å². The molecule has 1 aliphatic carbocycles. The Balaban J connectivity index is 1.47. The molecule has 3 aromatic carbocycles. The zero-order valence-corrected chi connectivity index (χ0v) is 20.3. The van der Waals surface area contributed by atoms with E-state index in [0.29, 0.717) is 36.6 Å². The molecule has 0 bridgehead atoms. The van der Waals surface area contributed by atoms with Gasteiger partial charge in [-0.2, -0.15) is 0 Å². The van der Waals surface area contributed by atoms with E-state index in [1.165, 1.54) is 4.90 Å². The van der Waals surface area contributed by atoms with Crippen LogP contribution in [0.1, 0.15) is 37.0 Å². The van der Waals surface area contributed by atoms with E-state index in [-0.39, 0.29) is 19.1 Å². The zero-order valence-electron chi connectivity index (χ0n) is 20.3. The van der Waals surface area contributed by atoms with Gasteiger partial charge in [-0.1, -0.05) is 48.5 Å². The molecule has 2 atom stereocenters. The third kappa shape index (κ3) is 6.04. The average Bonchev–Trinajstić information content (AvgIpc) is 3.06. The minimum Gasteiger partial charge on any atom is -0.482 e. The molecule has 0 fully saturated rings. The Bertz CT molecular complexity index is 1110. The third-order valence-electron chi connectivity index (χ3n) is 6.22. The summed E-state index contributed by atoms with van der Waals surface area (Å²) in [4.78, 5) is 26.5. The second-order valence-electron chi connectivity index (χ2n) is 8.60. The zero-order chi connectivity index (χ0) is 25.3. The van der Waals surface area contributed by atoms with Gasteiger partial charge in [0.25, 0.3) is 0 Å². The van der Waals surface area contributed by atoms with Crippen molar-refractivity contribution >= 4 is 23.4 Å². The highest BCUT2D eigenvalue weighted by molar-refractivity contribution is 5.95. The van der Waals surface area contributed by atoms with E-state index < -0.39 is 18.2 Å². The van der Waals surface area contributed by atoms with Crippen LogP contribution in [0.4, 0.5) is 16.2 Å². The number of para-hydroxylation sites is 2. The summed E-state index contributed by atoms with van der Waals surface area (Å²) in [6.45, 7) is 1.93. The Hall–Kier alpha value is -3.84. The lowest BCUT2D eigenvalue weighted by Gasteiger charge is -2.26. The van der Waals surface area contributed by atoms with Crippen LogP contribution < -0.4 is 9.64 Å². The largest absolute Gasteiger partial charge is 0.482 e. The number of anilines is 2. The normalized spacial score (nSPS) is 16.8. The highest BCUT2D eigenvalue weighted by Crippen LogP contribution is 2.38. The van der Waals surface area contributed by atoms with Crippen LogP contribution in [0.25, 0.3) is 0 Å². The van der Waals surface area contributed by atoms with Crippen molar-refractivity contribution in [2.45, 2.75) is 32.3 Å². The lowest BCUT2D eigenvalue weighted by Crippen LogP contribution is -2.29. The molecule has 0 aliphatic heterocycles. The molecule has 0 saturated carbocycles. The predicted molar refractivity (Wildman–Crippen MR) is 136 cm³/mol. The molecule has 188 valence electrons. The molecule has 4 rings (SSSR count). The van der Waals surface area contributed by atoms with Crippen molar-refractivity contribution in [2.24, 2.45) is 5.92 Å². The highest BCUT2D eigenvalue weighted by Gasteiger charge is 2.30. The summed E-state index contributed by atoms with van der Waals surface area (Å²) in [5.74, 6) is -0.143. The van der Waals surface area contributed by atoms with E-state index >= 15 is 0 Å². The fraction of sp³-hybridized carbons (Fsp3) is 0.310. The van der Waals surface area contributed by atoms with Crippen molar-refractivity contribution in [3.05, 3.63) is 90.0 Å². The minimum absolute atomic E-state index is 0.0729. The summed E-state index contributed by atoms with van der Waals surface area (Å²) >= 11 is 0. The number of esters is 1. The number of aliphatic hydroxyl groups is 1. The lowest BCUT2D eigenvalue weighted by molar-refractivity contribution is -0.145. The SMILES string of the molecule is CCOC(=O)COc1cccc2c1CCCC(COC(=O)N(c1ccccc1)c1ccccc1)C2O. The predicted octanol–water partition coefficient (Wildman–Crippen LogP) is 5.59. The van der Waals surface area contributed by atoms with Crippen molar-refractivity contribution in [2.75, 3.05) is 24.7 Å². The number of amides is 1. The van der Waals surface area contributed by atoms with Crippen LogP contribution in [-0.4, -0.2) is 37.0 Å². The van der Waals surface area contributed by atoms with Gasteiger partial charge in [0.15, 0.2) is 6.61 Å². The van der Waals surface area contributed by atoms with Gasteiger partial charge in [-0.25, -0.2) is 14.5 Å². The maximum absolute atomic E-state index is 13.2. The molecule has 1 N–H and O–H groups in total. The van der Waals surface area contributed by atoms with Gasteiger partial charge in [0.1, 0.15) is 5.75 Å². The average molecular weight is 490 g/mol. The number of nitrogens with zero attached hydrogens (tertiary/aromatic N) is 1. The van der Waals surface area contributed by atoms with Gasteiger partial charge in [0, 0.05) is 5.92 Å². The number of rotatable bonds is 8. The molecule has 0 aromatic heterocycles. The first-order valence-corrected chi connectivity index (χ1v) is 12.2. The van der Waals surface area contributed by atoms with Crippen molar-refractivity contribution < 1.29 is 28.9 Å². The van der Waals surface area contributed by atoms with Gasteiger partial charge in [-0.15, -0.1) is 0 Å². The lowest BCUT2D eigenvalue weighted by atomic mass is 9.93. The molecular formula is C29H31NO6. The van der Waals surface area contributed by atoms with E-state index in [4.69, 9.17) is 14.2 Å². The number of hydrogen-bond acceptors (Lipinski definition) is 6. The first-order valence-electron chi connectivity index (χ1n) is 12.2. The highest BCUT2D eigenvalue weighted by atomic mass is 16.6. The number of benzene rings is 3. The second-order valence-corrected chi connectivity index (χ2v) is 8.60. The van der Waals surface area contributed by atoms with Crippen molar-refractivity contribution in [1.29, 1.82) is 0 Å². The monoisotopic (exact) mass is 489 g/mol. The summed E-state index contributed by atoms with van der Waals surface area (Å²) in [5.41, 5.74) is 3.00. The standard InChI is InChI=1S/C29H31NO6/c1-2-34-27(31)20-35-26-18-10-17-25-24(26)16-9-11-21(28(25)32)19-36-29(33)30(22-12-5-3-6-13-22)23-14-7-4-8-15-23/h3-8,10,12-15,17-18,21,28,32H,2,9,11,16,19-20H2,1H3. The summed E-state index contributed by atoms with van der Waals surface area (Å²) < 4.78 is 16.4. The van der Waals surface area contributed by atoms with Gasteiger partial charge in [-0.05, 0) is 67.6 Å². The number of carbonyl (C=O) groups is 2. The summed E-state index contributed by atoms with van der Waals surface area (Å²) in [6, 6.07) is 24.1. The van der Waals surface area contributed by atoms with Gasteiger partial charge >= 0.3 is 12.1 Å². The Morgan fingerprint density at radius 3 is 2.22 bits per heavy atom. The smallest absolute Gasteiger partial charge is 0.418 e. The van der Waals surface area contributed by atoms with Gasteiger partial charge < -0.3 is 19.3 Å². The minimum atomic E-state index is -0.830. The number of fused-ring (bicyclic) bond motifs is 1. The quantitative estimate of drug-likeness (QED) is 0.328. The number of aliphatic hydroxyl groups excluding tert-OH is 1. The third-order valence-corrected chi connectivity index (χ3v) is 6.22. The fourth-order valence-electron chi connectivity index (χ4n) is 4.49. The molecule has 1 amide bonds. The maximum atomic E-state index is 13.2. The van der Waals surface area contributed by atoms with Crippen LogP contribution in [0.2, 0.25) is 0 Å². The van der Waals surface area contributed by atoms with E-state index in [1.54, 1.807) is 19.1 Å². The molecule has 7 heteroatoms. The number of hydrogen-bond donors (Lipinski definition) is 1. The number of carbonyl (C=O) groups excluding carboxylic acids is 2. The van der Waals surface area contributed by atoms with E-state index in [9.17, 15) is 14.7 Å². The number of ether oxygens (including phenoxy) is 3. The molecular weight excluding hydrogens is 458 g/mol. The maximum Gasteiger partial charge on any atom is 0.418 e. The fourth-order valence-corrected chi connectivity index (χ4v) is 4.49. The van der Waals surface area contributed by atoms with Crippen molar-refractivity contribution in [3.8, 4) is 5.75 Å². The van der Waals surface area contributed by atoms with Crippen LogP contribution in [-0.2, 0) is 20.7 Å². The van der Waals surface area contributed by atoms with E-state index in [2.05, 4.69) is 0 Å². The molecule has 0 heterocycles. The molecule has 3 aromatic rings. The molecule has 7 nitrogen and oxygen atoms in total. The van der Waals surface area contributed by atoms with Crippen LogP contribution in [0.15, 0.2) is 78.9 Å². The molecule has 0 saturated heterocycles. The second kappa shape index (κ2) is 12.2. The first kappa shape index (κ1) is 25.3. The first-order chi connectivity index (χ1) is 17.6. The topological polar surface area (TPSA) is 85.3 Å². The molecule has 2 unspecified atom stereocenters. The molecule has 0 spiro atoms. The summed E-state index contributed by atoms with van der Waals surface area (Å²) in [5, 5.41) is 11.2. The molecule has 0 radical (unpaired) electrons. The van der Waals surface area contributed by atoms with Crippen LogP contribution in [0.5, 0.6) is 5.75 Å². The van der Waals surface area contributed by atoms with Crippen molar-refractivity contribution in [3.63, 3.8) is 0 Å². The Labute approximate surface area is 211 Å². The summed E-state index contributed by atoms with van der Waals surface area (Å²) in [6.07, 6.45) is 0.819. The Morgan fingerprint density at radius 1 is 0.917 bits per heavy atom. The van der Waals surface area contributed by atoms with Crippen LogP contribution in [0.3, 0.4) is 0 Å². The van der Waals surface area contributed by atoms with Gasteiger partial charge in [-0.3, -0.25) is 0 Å². The Kier molecular flexibility index (Phi) is 8.57.